The third kappa shape index (κ3) is 5.84. The zero-order chi connectivity index (χ0) is 19.3. The predicted molar refractivity (Wildman–Crippen MR) is 129 cm³/mol. The van der Waals surface area contributed by atoms with Crippen molar-refractivity contribution >= 4 is 51.8 Å². The van der Waals surface area contributed by atoms with Gasteiger partial charge in [-0.05, 0) is 50.2 Å². The molecular weight excluding hydrogens is 531 g/mol. The van der Waals surface area contributed by atoms with Crippen molar-refractivity contribution < 1.29 is 4.79 Å². The quantitative estimate of drug-likeness (QED) is 0.314. The number of guanidine groups is 1. The largest absolute Gasteiger partial charge is 0.359 e. The Morgan fingerprint density at radius 3 is 2.54 bits per heavy atom. The Morgan fingerprint density at radius 1 is 1.29 bits per heavy atom. The lowest BCUT2D eigenvalue weighted by Gasteiger charge is -2.34. The summed E-state index contributed by atoms with van der Waals surface area (Å²) in [5.74, 6) is 1.66. The topological polar surface area (TPSA) is 56.7 Å². The van der Waals surface area contributed by atoms with E-state index in [-0.39, 0.29) is 35.3 Å². The van der Waals surface area contributed by atoms with E-state index in [4.69, 9.17) is 4.99 Å². The van der Waals surface area contributed by atoms with Crippen LogP contribution in [0.25, 0.3) is 0 Å². The fourth-order valence-electron chi connectivity index (χ4n) is 3.92. The Hall–Kier alpha value is -0.830. The van der Waals surface area contributed by atoms with Crippen LogP contribution < -0.4 is 10.6 Å². The highest BCUT2D eigenvalue weighted by molar-refractivity contribution is 14.0. The minimum Gasteiger partial charge on any atom is -0.359 e. The predicted octanol–water partition coefficient (Wildman–Crippen LogP) is 3.91. The molecule has 1 aliphatic carbocycles. The summed E-state index contributed by atoms with van der Waals surface area (Å²) in [6, 6.07) is 8.54. The normalized spacial score (nSPS) is 19.0. The first-order valence-corrected chi connectivity index (χ1v) is 10.9. The van der Waals surface area contributed by atoms with Crippen LogP contribution in [0.4, 0.5) is 0 Å². The third-order valence-corrected chi connectivity index (χ3v) is 6.52. The first-order chi connectivity index (χ1) is 13.1. The molecule has 0 unspecified atom stereocenters. The molecule has 1 amide bonds. The van der Waals surface area contributed by atoms with Crippen molar-refractivity contribution in [1.29, 1.82) is 0 Å². The van der Waals surface area contributed by atoms with Crippen LogP contribution in [-0.4, -0.2) is 50.0 Å². The highest BCUT2D eigenvalue weighted by atomic mass is 127. The molecule has 0 spiro atoms. The van der Waals surface area contributed by atoms with Gasteiger partial charge in [0.15, 0.2) is 5.96 Å². The van der Waals surface area contributed by atoms with E-state index >= 15 is 0 Å². The molecule has 0 bridgehead atoms. The van der Waals surface area contributed by atoms with Crippen molar-refractivity contribution in [2.45, 2.75) is 44.4 Å². The number of nitrogens with one attached hydrogen (secondary N) is 2. The Morgan fingerprint density at radius 2 is 1.96 bits per heavy atom. The van der Waals surface area contributed by atoms with Gasteiger partial charge in [0.2, 0.25) is 5.91 Å². The van der Waals surface area contributed by atoms with Gasteiger partial charge in [-0.2, -0.15) is 0 Å². The molecular formula is C21H32BrIN4O. The van der Waals surface area contributed by atoms with Crippen LogP contribution in [0.3, 0.4) is 0 Å². The highest BCUT2D eigenvalue weighted by Gasteiger charge is 2.45. The maximum Gasteiger partial charge on any atom is 0.220 e. The number of carbonyl (C=O) groups excluding carboxylic acids is 1. The van der Waals surface area contributed by atoms with Gasteiger partial charge in [-0.15, -0.1) is 24.0 Å². The summed E-state index contributed by atoms with van der Waals surface area (Å²) < 4.78 is 1.19. The van der Waals surface area contributed by atoms with E-state index in [2.05, 4.69) is 62.7 Å². The van der Waals surface area contributed by atoms with E-state index in [1.54, 1.807) is 7.05 Å². The van der Waals surface area contributed by atoms with E-state index in [0.29, 0.717) is 12.3 Å². The van der Waals surface area contributed by atoms with Gasteiger partial charge in [-0.25, -0.2) is 0 Å². The Kier molecular flexibility index (Phi) is 9.05. The van der Waals surface area contributed by atoms with Crippen molar-refractivity contribution in [2.75, 3.05) is 33.2 Å². The van der Waals surface area contributed by atoms with Crippen LogP contribution >= 0.6 is 39.9 Å². The molecule has 3 rings (SSSR count). The number of hydrogen-bond donors (Lipinski definition) is 2. The second kappa shape index (κ2) is 10.8. The minimum absolute atomic E-state index is 0. The summed E-state index contributed by atoms with van der Waals surface area (Å²) in [6.45, 7) is 5.76. The summed E-state index contributed by atoms with van der Waals surface area (Å²) in [7, 11) is 1.71. The fraction of sp³-hybridized carbons (Fsp3) is 0.619. The van der Waals surface area contributed by atoms with Gasteiger partial charge in [0.25, 0.3) is 0 Å². The molecule has 0 atom stereocenters. The SMILES string of the molecule is CCNC(=NCC1(c2ccccc2Br)CC1)N1CCC(CC(=O)NC)CC1.I. The number of aliphatic imine (C=N–C) groups is 1. The number of rotatable bonds is 6. The molecule has 1 aliphatic heterocycles. The van der Waals surface area contributed by atoms with Gasteiger partial charge in [0, 0.05) is 43.0 Å². The molecule has 7 heteroatoms. The lowest BCUT2D eigenvalue weighted by atomic mass is 9.93. The molecule has 1 aromatic rings. The highest BCUT2D eigenvalue weighted by Crippen LogP contribution is 2.50. The Labute approximate surface area is 194 Å². The summed E-state index contributed by atoms with van der Waals surface area (Å²) in [6.07, 6.45) is 5.14. The number of nitrogens with zero attached hydrogens (tertiary/aromatic N) is 2. The number of benzene rings is 1. The van der Waals surface area contributed by atoms with Crippen molar-refractivity contribution in [3.8, 4) is 0 Å². The zero-order valence-corrected chi connectivity index (χ0v) is 20.8. The average molecular weight is 563 g/mol. The molecule has 0 aromatic heterocycles. The molecule has 2 fully saturated rings. The van der Waals surface area contributed by atoms with Gasteiger partial charge < -0.3 is 15.5 Å². The second-order valence-electron chi connectivity index (χ2n) is 7.74. The van der Waals surface area contributed by atoms with Crippen LogP contribution in [0.5, 0.6) is 0 Å². The fourth-order valence-corrected chi connectivity index (χ4v) is 4.63. The summed E-state index contributed by atoms with van der Waals surface area (Å²) in [5.41, 5.74) is 1.58. The molecule has 1 saturated heterocycles. The lowest BCUT2D eigenvalue weighted by molar-refractivity contribution is -0.121. The maximum atomic E-state index is 11.6. The second-order valence-corrected chi connectivity index (χ2v) is 8.59. The number of piperidine rings is 1. The first kappa shape index (κ1) is 23.4. The molecule has 1 saturated carbocycles. The van der Waals surface area contributed by atoms with Crippen molar-refractivity contribution in [2.24, 2.45) is 10.9 Å². The number of hydrogen-bond acceptors (Lipinski definition) is 2. The summed E-state index contributed by atoms with van der Waals surface area (Å²) in [5, 5.41) is 6.21. The van der Waals surface area contributed by atoms with Gasteiger partial charge >= 0.3 is 0 Å². The summed E-state index contributed by atoms with van der Waals surface area (Å²) >= 11 is 3.71. The third-order valence-electron chi connectivity index (χ3n) is 5.83. The maximum absolute atomic E-state index is 11.6. The Bertz CT molecular complexity index is 685. The molecule has 156 valence electrons. The van der Waals surface area contributed by atoms with Crippen molar-refractivity contribution in [3.63, 3.8) is 0 Å². The molecule has 2 N–H and O–H groups in total. The van der Waals surface area contributed by atoms with Gasteiger partial charge in [-0.3, -0.25) is 9.79 Å². The van der Waals surface area contributed by atoms with Crippen molar-refractivity contribution in [1.82, 2.24) is 15.5 Å². The monoisotopic (exact) mass is 562 g/mol. The number of halogens is 2. The van der Waals surface area contributed by atoms with E-state index in [1.165, 1.54) is 22.9 Å². The van der Waals surface area contributed by atoms with E-state index in [0.717, 1.165) is 45.0 Å². The van der Waals surface area contributed by atoms with Crippen molar-refractivity contribution in [3.05, 3.63) is 34.3 Å². The number of likely N-dealkylation sites (tertiary alicyclic amines) is 1. The van der Waals surface area contributed by atoms with Crippen LogP contribution in [0.15, 0.2) is 33.7 Å². The summed E-state index contributed by atoms with van der Waals surface area (Å²) in [4.78, 5) is 19.0. The lowest BCUT2D eigenvalue weighted by Crippen LogP contribution is -2.46. The Balaban J connectivity index is 0.00000280. The van der Waals surface area contributed by atoms with E-state index < -0.39 is 0 Å². The van der Waals surface area contributed by atoms with E-state index in [1.807, 2.05) is 0 Å². The molecule has 1 aromatic carbocycles. The molecule has 5 nitrogen and oxygen atoms in total. The number of amides is 1. The zero-order valence-electron chi connectivity index (χ0n) is 16.8. The van der Waals surface area contributed by atoms with Crippen LogP contribution in [-0.2, 0) is 10.2 Å². The standard InChI is InChI=1S/C21H31BrN4O.HI/c1-3-24-20(26-12-8-16(9-13-26)14-19(27)23-2)25-15-21(10-11-21)17-6-4-5-7-18(17)22;/h4-7,16H,3,8-15H2,1-2H3,(H,23,27)(H,24,25);1H. The minimum atomic E-state index is 0. The first-order valence-electron chi connectivity index (χ1n) is 10.1. The molecule has 2 aliphatic rings. The smallest absolute Gasteiger partial charge is 0.220 e. The number of carbonyl (C=O) groups is 1. The van der Waals surface area contributed by atoms with Crippen LogP contribution in [0.2, 0.25) is 0 Å². The molecule has 1 heterocycles. The molecule has 0 radical (unpaired) electrons. The van der Waals surface area contributed by atoms with Gasteiger partial charge in [-0.1, -0.05) is 34.1 Å². The van der Waals surface area contributed by atoms with E-state index in [9.17, 15) is 4.79 Å². The van der Waals surface area contributed by atoms with Gasteiger partial charge in [0.05, 0.1) is 6.54 Å². The van der Waals surface area contributed by atoms with Crippen LogP contribution in [0.1, 0.15) is 44.6 Å². The average Bonchev–Trinajstić information content (AvgIpc) is 3.47. The van der Waals surface area contributed by atoms with Crippen LogP contribution in [0, 0.1) is 5.92 Å². The molecule has 28 heavy (non-hydrogen) atoms. The van der Waals surface area contributed by atoms with Gasteiger partial charge in [0.1, 0.15) is 0 Å².